The maximum absolute atomic E-state index is 4.25. The standard InChI is InChI=1S/C16H22S/c1-3-4-5-6-7-8-9-10-11-12-13-14-15-16(2)17/h3-5,7-10,12-17H,1,6,11H2,2H3/b5-4-,8-7-,10-9-,13-12-,15-14-. The van der Waals surface area contributed by atoms with Crippen LogP contribution in [0.15, 0.2) is 73.4 Å². The zero-order valence-corrected chi connectivity index (χ0v) is 11.4. The van der Waals surface area contributed by atoms with E-state index in [1.54, 1.807) is 6.08 Å². The summed E-state index contributed by atoms with van der Waals surface area (Å²) in [7, 11) is 0. The van der Waals surface area contributed by atoms with Crippen molar-refractivity contribution in [3.8, 4) is 0 Å². The second-order valence-corrected chi connectivity index (χ2v) is 4.36. The van der Waals surface area contributed by atoms with Gasteiger partial charge in [0.2, 0.25) is 0 Å². The highest BCUT2D eigenvalue weighted by molar-refractivity contribution is 7.81. The maximum Gasteiger partial charge on any atom is 0.0171 e. The highest BCUT2D eigenvalue weighted by atomic mass is 32.1. The molecule has 0 saturated heterocycles. The van der Waals surface area contributed by atoms with Crippen LogP contribution >= 0.6 is 12.6 Å². The average molecular weight is 246 g/mol. The molecule has 0 aliphatic carbocycles. The Balaban J connectivity index is 3.60. The van der Waals surface area contributed by atoms with Gasteiger partial charge in [0.25, 0.3) is 0 Å². The molecule has 17 heavy (non-hydrogen) atoms. The van der Waals surface area contributed by atoms with E-state index in [1.165, 1.54) is 0 Å². The summed E-state index contributed by atoms with van der Waals surface area (Å²) >= 11 is 4.25. The second-order valence-electron chi connectivity index (χ2n) is 3.55. The summed E-state index contributed by atoms with van der Waals surface area (Å²) in [5.41, 5.74) is 0. The van der Waals surface area contributed by atoms with Crippen molar-refractivity contribution in [1.82, 2.24) is 0 Å². The molecule has 1 heteroatoms. The maximum atomic E-state index is 4.25. The van der Waals surface area contributed by atoms with Crippen molar-refractivity contribution in [2.24, 2.45) is 0 Å². The molecular weight excluding hydrogens is 224 g/mol. The van der Waals surface area contributed by atoms with Crippen LogP contribution < -0.4 is 0 Å². The summed E-state index contributed by atoms with van der Waals surface area (Å²) < 4.78 is 0. The average Bonchev–Trinajstić information content (AvgIpc) is 2.30. The first kappa shape index (κ1) is 15.8. The Labute approximate surface area is 111 Å². The van der Waals surface area contributed by atoms with E-state index >= 15 is 0 Å². The monoisotopic (exact) mass is 246 g/mol. The van der Waals surface area contributed by atoms with Gasteiger partial charge in [-0.3, -0.25) is 0 Å². The van der Waals surface area contributed by atoms with Crippen molar-refractivity contribution in [3.05, 3.63) is 73.4 Å². The Bertz CT molecular complexity index is 314. The largest absolute Gasteiger partial charge is 0.172 e. The zero-order chi connectivity index (χ0) is 12.8. The minimum atomic E-state index is 0.321. The van der Waals surface area contributed by atoms with E-state index < -0.39 is 0 Å². The second kappa shape index (κ2) is 12.9. The highest BCUT2D eigenvalue weighted by Gasteiger charge is 1.79. The van der Waals surface area contributed by atoms with Gasteiger partial charge in [-0.2, -0.15) is 12.6 Å². The van der Waals surface area contributed by atoms with Gasteiger partial charge in [0.15, 0.2) is 0 Å². The van der Waals surface area contributed by atoms with Gasteiger partial charge in [-0.05, 0) is 19.8 Å². The number of hydrogen-bond acceptors (Lipinski definition) is 1. The topological polar surface area (TPSA) is 0 Å². The number of thiol groups is 1. The van der Waals surface area contributed by atoms with Gasteiger partial charge in [0.1, 0.15) is 0 Å². The first-order valence-electron chi connectivity index (χ1n) is 5.88. The molecule has 0 bridgehead atoms. The van der Waals surface area contributed by atoms with E-state index in [0.717, 1.165) is 12.8 Å². The summed E-state index contributed by atoms with van der Waals surface area (Å²) in [6.45, 7) is 5.65. The molecule has 0 fully saturated rings. The van der Waals surface area contributed by atoms with Crippen molar-refractivity contribution in [1.29, 1.82) is 0 Å². The third-order valence-electron chi connectivity index (χ3n) is 1.84. The summed E-state index contributed by atoms with van der Waals surface area (Å²) in [6.07, 6.45) is 24.3. The Hall–Kier alpha value is -1.21. The fourth-order valence-corrected chi connectivity index (χ4v) is 1.13. The molecule has 0 heterocycles. The van der Waals surface area contributed by atoms with Crippen molar-refractivity contribution in [2.75, 3.05) is 0 Å². The molecule has 92 valence electrons. The van der Waals surface area contributed by atoms with Crippen molar-refractivity contribution < 1.29 is 0 Å². The number of hydrogen-bond donors (Lipinski definition) is 1. The summed E-state index contributed by atoms with van der Waals surface area (Å²) in [5, 5.41) is 0.321. The lowest BCUT2D eigenvalue weighted by atomic mass is 10.3. The van der Waals surface area contributed by atoms with Crippen LogP contribution in [0.1, 0.15) is 19.8 Å². The Kier molecular flexibility index (Phi) is 11.9. The highest BCUT2D eigenvalue weighted by Crippen LogP contribution is 1.95. The Morgan fingerprint density at radius 3 is 1.82 bits per heavy atom. The van der Waals surface area contributed by atoms with Crippen LogP contribution in [0.25, 0.3) is 0 Å². The van der Waals surface area contributed by atoms with E-state index in [4.69, 9.17) is 0 Å². The SMILES string of the molecule is C=C/C=C\C/C=C\C=C/C/C=C\C=C/C(C)S. The van der Waals surface area contributed by atoms with E-state index in [-0.39, 0.29) is 0 Å². The van der Waals surface area contributed by atoms with Gasteiger partial charge in [-0.1, -0.05) is 73.4 Å². The van der Waals surface area contributed by atoms with E-state index in [9.17, 15) is 0 Å². The van der Waals surface area contributed by atoms with Crippen molar-refractivity contribution >= 4 is 12.6 Å². The van der Waals surface area contributed by atoms with E-state index in [2.05, 4.69) is 61.7 Å². The molecule has 0 aromatic rings. The molecule has 0 aliphatic heterocycles. The molecule has 0 N–H and O–H groups in total. The van der Waals surface area contributed by atoms with Gasteiger partial charge in [-0.15, -0.1) is 0 Å². The fourth-order valence-electron chi connectivity index (χ4n) is 1.03. The molecule has 0 aromatic heterocycles. The van der Waals surface area contributed by atoms with Crippen LogP contribution in [-0.2, 0) is 0 Å². The molecule has 0 aromatic carbocycles. The Morgan fingerprint density at radius 1 is 0.882 bits per heavy atom. The molecule has 0 nitrogen and oxygen atoms in total. The molecule has 0 rings (SSSR count). The predicted octanol–water partition coefficient (Wildman–Crippen LogP) is 5.05. The minimum absolute atomic E-state index is 0.321. The van der Waals surface area contributed by atoms with Crippen LogP contribution in [0.5, 0.6) is 0 Å². The molecule has 0 amide bonds. The summed E-state index contributed by atoms with van der Waals surface area (Å²) in [5.74, 6) is 0. The molecular formula is C16H22S. The first-order chi connectivity index (χ1) is 8.27. The van der Waals surface area contributed by atoms with Crippen LogP contribution in [-0.4, -0.2) is 5.25 Å². The molecule has 1 atom stereocenters. The quantitative estimate of drug-likeness (QED) is 0.449. The third kappa shape index (κ3) is 14.8. The summed E-state index contributed by atoms with van der Waals surface area (Å²) in [4.78, 5) is 0. The number of allylic oxidation sites excluding steroid dienone is 10. The molecule has 0 radical (unpaired) electrons. The predicted molar refractivity (Wildman–Crippen MR) is 83.6 cm³/mol. The third-order valence-corrected chi connectivity index (χ3v) is 2.01. The van der Waals surface area contributed by atoms with Crippen LogP contribution in [0.4, 0.5) is 0 Å². The van der Waals surface area contributed by atoms with E-state index in [0.29, 0.717) is 5.25 Å². The van der Waals surface area contributed by atoms with Crippen molar-refractivity contribution in [2.45, 2.75) is 25.0 Å². The zero-order valence-electron chi connectivity index (χ0n) is 10.5. The first-order valence-corrected chi connectivity index (χ1v) is 6.39. The van der Waals surface area contributed by atoms with Gasteiger partial charge in [0.05, 0.1) is 0 Å². The number of rotatable bonds is 8. The van der Waals surface area contributed by atoms with Gasteiger partial charge >= 0.3 is 0 Å². The van der Waals surface area contributed by atoms with Crippen LogP contribution in [0.3, 0.4) is 0 Å². The smallest absolute Gasteiger partial charge is 0.0171 e. The molecule has 0 spiro atoms. The lowest BCUT2D eigenvalue weighted by Crippen LogP contribution is -1.78. The normalized spacial score (nSPS) is 14.9. The lowest BCUT2D eigenvalue weighted by molar-refractivity contribution is 1.26. The minimum Gasteiger partial charge on any atom is -0.172 e. The van der Waals surface area contributed by atoms with Crippen molar-refractivity contribution in [3.63, 3.8) is 0 Å². The molecule has 0 saturated carbocycles. The van der Waals surface area contributed by atoms with Crippen LogP contribution in [0, 0.1) is 0 Å². The lowest BCUT2D eigenvalue weighted by Gasteiger charge is -1.88. The Morgan fingerprint density at radius 2 is 1.35 bits per heavy atom. The van der Waals surface area contributed by atoms with Gasteiger partial charge in [-0.25, -0.2) is 0 Å². The molecule has 1 unspecified atom stereocenters. The van der Waals surface area contributed by atoms with Crippen LogP contribution in [0.2, 0.25) is 0 Å². The summed E-state index contributed by atoms with van der Waals surface area (Å²) in [6, 6.07) is 0. The van der Waals surface area contributed by atoms with Gasteiger partial charge in [0, 0.05) is 5.25 Å². The van der Waals surface area contributed by atoms with E-state index in [1.807, 2.05) is 25.2 Å². The molecule has 0 aliphatic rings. The van der Waals surface area contributed by atoms with Gasteiger partial charge < -0.3 is 0 Å². The fraction of sp³-hybridized carbons (Fsp3) is 0.250.